The summed E-state index contributed by atoms with van der Waals surface area (Å²) in [6.07, 6.45) is 0.321. The second-order valence-corrected chi connectivity index (χ2v) is 10.4. The number of hydrogen-bond donors (Lipinski definition) is 1. The van der Waals surface area contributed by atoms with E-state index in [0.717, 1.165) is 11.1 Å². The van der Waals surface area contributed by atoms with Crippen LogP contribution < -0.4 is 9.46 Å². The molecule has 9 heteroatoms. The van der Waals surface area contributed by atoms with E-state index in [2.05, 4.69) is 4.72 Å². The largest absolute Gasteiger partial charge is 0.471 e. The van der Waals surface area contributed by atoms with Crippen molar-refractivity contribution in [3.8, 4) is 16.9 Å². The average Bonchev–Trinajstić information content (AvgIpc) is 2.69. The van der Waals surface area contributed by atoms with E-state index in [4.69, 9.17) is 51.1 Å². The molecule has 31 heavy (non-hydrogen) atoms. The van der Waals surface area contributed by atoms with Gasteiger partial charge in [-0.1, -0.05) is 77.6 Å². The van der Waals surface area contributed by atoms with Crippen LogP contribution in [-0.2, 0) is 10.0 Å². The first-order valence-corrected chi connectivity index (χ1v) is 12.3. The van der Waals surface area contributed by atoms with Gasteiger partial charge in [-0.2, -0.15) is 4.72 Å². The Bertz CT molecular complexity index is 1180. The number of nitrogens with one attached hydrogen (secondary N) is 1. The van der Waals surface area contributed by atoms with Gasteiger partial charge in [0.25, 0.3) is 0 Å². The van der Waals surface area contributed by atoms with Gasteiger partial charge in [-0.05, 0) is 55.3 Å². The van der Waals surface area contributed by atoms with Crippen molar-refractivity contribution in [1.29, 1.82) is 0 Å². The summed E-state index contributed by atoms with van der Waals surface area (Å²) in [7, 11) is -3.98. The smallest absolute Gasteiger partial charge is 0.243 e. The molecule has 0 aliphatic heterocycles. The van der Waals surface area contributed by atoms with Crippen molar-refractivity contribution < 1.29 is 13.2 Å². The maximum Gasteiger partial charge on any atom is 0.243 e. The van der Waals surface area contributed by atoms with Crippen molar-refractivity contribution in [1.82, 2.24) is 4.72 Å². The Labute approximate surface area is 202 Å². The average molecular weight is 519 g/mol. The lowest BCUT2D eigenvalue weighted by atomic mass is 10.1. The molecule has 164 valence electrons. The highest BCUT2D eigenvalue weighted by atomic mass is 35.5. The second kappa shape index (κ2) is 9.57. The fourth-order valence-electron chi connectivity index (χ4n) is 2.88. The van der Waals surface area contributed by atoms with Crippen molar-refractivity contribution in [3.63, 3.8) is 0 Å². The molecule has 1 unspecified atom stereocenters. The highest BCUT2D eigenvalue weighted by Crippen LogP contribution is 2.37. The fourth-order valence-corrected chi connectivity index (χ4v) is 5.37. The molecule has 1 atom stereocenters. The predicted molar refractivity (Wildman–Crippen MR) is 128 cm³/mol. The minimum atomic E-state index is -3.98. The van der Waals surface area contributed by atoms with Crippen LogP contribution in [-0.4, -0.2) is 14.1 Å². The Balaban J connectivity index is 1.92. The first-order chi connectivity index (χ1) is 14.5. The molecule has 3 aromatic rings. The van der Waals surface area contributed by atoms with Crippen LogP contribution in [0.3, 0.4) is 0 Å². The number of halogens is 4. The molecule has 3 aromatic carbocycles. The van der Waals surface area contributed by atoms with Gasteiger partial charge in [0.05, 0.1) is 9.92 Å². The van der Waals surface area contributed by atoms with Gasteiger partial charge >= 0.3 is 0 Å². The molecule has 3 rings (SSSR count). The number of sulfonamides is 1. The Morgan fingerprint density at radius 2 is 1.52 bits per heavy atom. The molecule has 4 nitrogen and oxygen atoms in total. The maximum absolute atomic E-state index is 13.0. The van der Waals surface area contributed by atoms with Gasteiger partial charge in [0.15, 0.2) is 5.72 Å². The third kappa shape index (κ3) is 5.86. The van der Waals surface area contributed by atoms with E-state index in [9.17, 15) is 8.42 Å². The molecule has 0 spiro atoms. The molecule has 0 radical (unpaired) electrons. The normalized spacial score (nSPS) is 13.6. The number of hydrogen-bond acceptors (Lipinski definition) is 3. The molecule has 0 aromatic heterocycles. The summed E-state index contributed by atoms with van der Waals surface area (Å²) in [5, 5.41) is 1.40. The second-order valence-electron chi connectivity index (χ2n) is 7.02. The molecule has 0 saturated carbocycles. The lowest BCUT2D eigenvalue weighted by Gasteiger charge is -2.31. The highest BCUT2D eigenvalue weighted by molar-refractivity contribution is 7.89. The van der Waals surface area contributed by atoms with Gasteiger partial charge in [0.1, 0.15) is 5.75 Å². The summed E-state index contributed by atoms with van der Waals surface area (Å²) in [6, 6.07) is 16.6. The summed E-state index contributed by atoms with van der Waals surface area (Å²) in [6.45, 7) is 3.42. The summed E-state index contributed by atoms with van der Waals surface area (Å²) in [4.78, 5) is -0.0608. The summed E-state index contributed by atoms with van der Waals surface area (Å²) < 4.78 is 34.6. The molecule has 0 fully saturated rings. The monoisotopic (exact) mass is 517 g/mol. The predicted octanol–water partition coefficient (Wildman–Crippen LogP) is 7.45. The van der Waals surface area contributed by atoms with Gasteiger partial charge in [0.2, 0.25) is 10.0 Å². The van der Waals surface area contributed by atoms with Gasteiger partial charge in [0, 0.05) is 20.6 Å². The van der Waals surface area contributed by atoms with Gasteiger partial charge in [-0.25, -0.2) is 8.42 Å². The van der Waals surface area contributed by atoms with Crippen molar-refractivity contribution >= 4 is 56.4 Å². The van der Waals surface area contributed by atoms with Crippen molar-refractivity contribution in [2.75, 3.05) is 0 Å². The minimum absolute atomic E-state index is 0.0608. The Hall–Kier alpha value is -1.47. The third-order valence-electron chi connectivity index (χ3n) is 4.63. The van der Waals surface area contributed by atoms with E-state index in [0.29, 0.717) is 22.2 Å². The van der Waals surface area contributed by atoms with Crippen LogP contribution in [0.5, 0.6) is 5.75 Å². The first-order valence-electron chi connectivity index (χ1n) is 9.26. The molecular weight excluding hydrogens is 500 g/mol. The first kappa shape index (κ1) is 24.2. The van der Waals surface area contributed by atoms with Crippen LogP contribution in [0.15, 0.2) is 65.6 Å². The standard InChI is InChI=1S/C22H19Cl4NO3S/c1-3-22(2,27-31(28,29)18-12-16(24)11-17(25)13-18)30-20-6-4-5-19(21(20)26)14-7-9-15(23)10-8-14/h4-13,27H,3H2,1-2H3. The van der Waals surface area contributed by atoms with Crippen LogP contribution in [0, 0.1) is 0 Å². The van der Waals surface area contributed by atoms with Crippen LogP contribution in [0.25, 0.3) is 11.1 Å². The third-order valence-corrected chi connectivity index (χ3v) is 7.26. The number of rotatable bonds is 7. The highest BCUT2D eigenvalue weighted by Gasteiger charge is 2.32. The van der Waals surface area contributed by atoms with Gasteiger partial charge in [-0.15, -0.1) is 0 Å². The van der Waals surface area contributed by atoms with E-state index in [1.54, 1.807) is 38.1 Å². The van der Waals surface area contributed by atoms with E-state index >= 15 is 0 Å². The van der Waals surface area contributed by atoms with Crippen molar-refractivity contribution in [2.45, 2.75) is 30.9 Å². The Morgan fingerprint density at radius 3 is 2.10 bits per heavy atom. The molecular formula is C22H19Cl4NO3S. The Morgan fingerprint density at radius 1 is 0.903 bits per heavy atom. The zero-order chi connectivity index (χ0) is 22.8. The number of ether oxygens (including phenoxy) is 1. The molecule has 0 amide bonds. The molecule has 0 bridgehead atoms. The molecule has 1 N–H and O–H groups in total. The quantitative estimate of drug-likeness (QED) is 0.330. The van der Waals surface area contributed by atoms with E-state index < -0.39 is 15.7 Å². The molecule has 0 heterocycles. The maximum atomic E-state index is 13.0. The molecule has 0 aliphatic rings. The zero-order valence-corrected chi connectivity index (χ0v) is 20.5. The fraction of sp³-hybridized carbons (Fsp3) is 0.182. The van der Waals surface area contributed by atoms with Crippen LogP contribution >= 0.6 is 46.4 Å². The van der Waals surface area contributed by atoms with E-state index in [1.165, 1.54) is 18.2 Å². The SMILES string of the molecule is CCC(C)(NS(=O)(=O)c1cc(Cl)cc(Cl)c1)Oc1cccc(-c2ccc(Cl)cc2)c1Cl. The van der Waals surface area contributed by atoms with E-state index in [1.807, 2.05) is 18.2 Å². The van der Waals surface area contributed by atoms with Crippen molar-refractivity contribution in [3.05, 3.63) is 80.8 Å². The van der Waals surface area contributed by atoms with Gasteiger partial charge in [-0.3, -0.25) is 0 Å². The molecule has 0 aliphatic carbocycles. The van der Waals surface area contributed by atoms with Crippen LogP contribution in [0.4, 0.5) is 0 Å². The lowest BCUT2D eigenvalue weighted by molar-refractivity contribution is 0.0729. The Kier molecular flexibility index (Phi) is 7.47. The van der Waals surface area contributed by atoms with Crippen molar-refractivity contribution in [2.24, 2.45) is 0 Å². The van der Waals surface area contributed by atoms with Crippen LogP contribution in [0.2, 0.25) is 20.1 Å². The summed E-state index contributed by atoms with van der Waals surface area (Å²) in [5.41, 5.74) is 0.307. The summed E-state index contributed by atoms with van der Waals surface area (Å²) in [5.74, 6) is 0.338. The topological polar surface area (TPSA) is 55.4 Å². The number of benzene rings is 3. The van der Waals surface area contributed by atoms with E-state index in [-0.39, 0.29) is 14.9 Å². The lowest BCUT2D eigenvalue weighted by Crippen LogP contribution is -2.50. The summed E-state index contributed by atoms with van der Waals surface area (Å²) >= 11 is 24.5. The molecule has 0 saturated heterocycles. The van der Waals surface area contributed by atoms with Gasteiger partial charge < -0.3 is 4.74 Å². The van der Waals surface area contributed by atoms with Crippen LogP contribution in [0.1, 0.15) is 20.3 Å². The minimum Gasteiger partial charge on any atom is -0.471 e. The zero-order valence-electron chi connectivity index (χ0n) is 16.6.